The Kier molecular flexibility index (Phi) is 6.84. The van der Waals surface area contributed by atoms with Crippen LogP contribution in [-0.2, 0) is 16.6 Å². The number of halogens is 2. The van der Waals surface area contributed by atoms with Gasteiger partial charge in [0.2, 0.25) is 0 Å². The van der Waals surface area contributed by atoms with Crippen molar-refractivity contribution < 1.29 is 12.8 Å². The Labute approximate surface area is 194 Å². The second-order valence-electron chi connectivity index (χ2n) is 8.19. The molecule has 32 heavy (non-hydrogen) atoms. The lowest BCUT2D eigenvalue weighted by Gasteiger charge is -2.39. The van der Waals surface area contributed by atoms with Crippen molar-refractivity contribution in [1.82, 2.24) is 4.90 Å². The van der Waals surface area contributed by atoms with Gasteiger partial charge < -0.3 is 0 Å². The van der Waals surface area contributed by atoms with Gasteiger partial charge in [-0.1, -0.05) is 41.9 Å². The number of sulfonamides is 1. The van der Waals surface area contributed by atoms with Crippen molar-refractivity contribution in [2.45, 2.75) is 37.2 Å². The highest BCUT2D eigenvalue weighted by molar-refractivity contribution is 7.92. The van der Waals surface area contributed by atoms with E-state index in [9.17, 15) is 12.8 Å². The van der Waals surface area contributed by atoms with E-state index in [1.165, 1.54) is 16.4 Å². The van der Waals surface area contributed by atoms with Gasteiger partial charge in [0.15, 0.2) is 0 Å². The second kappa shape index (κ2) is 9.61. The summed E-state index contributed by atoms with van der Waals surface area (Å²) >= 11 is 6.31. The lowest BCUT2D eigenvalue weighted by molar-refractivity contribution is 0.206. The molecule has 1 fully saturated rings. The van der Waals surface area contributed by atoms with Crippen molar-refractivity contribution in [1.29, 1.82) is 0 Å². The topological polar surface area (TPSA) is 40.6 Å². The molecule has 1 heterocycles. The summed E-state index contributed by atoms with van der Waals surface area (Å²) in [5.41, 5.74) is 2.42. The van der Waals surface area contributed by atoms with Crippen LogP contribution in [0.2, 0.25) is 5.02 Å². The fourth-order valence-electron chi connectivity index (χ4n) is 4.20. The number of piperidine rings is 1. The maximum Gasteiger partial charge on any atom is 0.264 e. The van der Waals surface area contributed by atoms with E-state index >= 15 is 0 Å². The molecule has 0 spiro atoms. The number of aryl methyl sites for hydroxylation is 1. The van der Waals surface area contributed by atoms with E-state index in [2.05, 4.69) is 4.90 Å². The van der Waals surface area contributed by atoms with Gasteiger partial charge in [-0.2, -0.15) is 0 Å². The molecule has 1 aliphatic rings. The molecule has 0 radical (unpaired) electrons. The van der Waals surface area contributed by atoms with Gasteiger partial charge in [0.25, 0.3) is 10.0 Å². The summed E-state index contributed by atoms with van der Waals surface area (Å²) in [5.74, 6) is -0.392. The van der Waals surface area contributed by atoms with E-state index in [-0.39, 0.29) is 10.9 Å². The summed E-state index contributed by atoms with van der Waals surface area (Å²) in [6, 6.07) is 20.2. The minimum absolute atomic E-state index is 0.214. The number of nitrogens with zero attached hydrogens (tertiary/aromatic N) is 2. The Morgan fingerprint density at radius 3 is 2.34 bits per heavy atom. The zero-order valence-corrected chi connectivity index (χ0v) is 19.5. The molecule has 3 aromatic carbocycles. The third kappa shape index (κ3) is 4.98. The molecule has 0 aromatic heterocycles. The Morgan fingerprint density at radius 1 is 1.00 bits per heavy atom. The zero-order chi connectivity index (χ0) is 22.7. The van der Waals surface area contributed by atoms with Gasteiger partial charge in [0, 0.05) is 30.7 Å². The number of benzene rings is 3. The van der Waals surface area contributed by atoms with Crippen molar-refractivity contribution in [3.8, 4) is 0 Å². The molecule has 0 atom stereocenters. The van der Waals surface area contributed by atoms with Crippen LogP contribution in [0.5, 0.6) is 0 Å². The van der Waals surface area contributed by atoms with Crippen molar-refractivity contribution in [3.63, 3.8) is 0 Å². The molecule has 0 amide bonds. The van der Waals surface area contributed by atoms with Gasteiger partial charge in [-0.25, -0.2) is 12.8 Å². The first-order chi connectivity index (χ1) is 15.3. The maximum atomic E-state index is 13.7. The third-order valence-electron chi connectivity index (χ3n) is 5.87. The van der Waals surface area contributed by atoms with Crippen molar-refractivity contribution in [3.05, 3.63) is 94.8 Å². The third-order valence-corrected chi connectivity index (χ3v) is 8.11. The largest absolute Gasteiger partial charge is 0.299 e. The number of hydrogen-bond acceptors (Lipinski definition) is 3. The van der Waals surface area contributed by atoms with Crippen LogP contribution >= 0.6 is 11.6 Å². The smallest absolute Gasteiger partial charge is 0.264 e. The molecule has 0 aliphatic carbocycles. The van der Waals surface area contributed by atoms with Gasteiger partial charge in [-0.05, 0) is 73.4 Å². The highest BCUT2D eigenvalue weighted by Gasteiger charge is 2.34. The average molecular weight is 473 g/mol. The van der Waals surface area contributed by atoms with Crippen molar-refractivity contribution >= 4 is 27.3 Å². The van der Waals surface area contributed by atoms with Gasteiger partial charge in [-0.15, -0.1) is 0 Å². The van der Waals surface area contributed by atoms with Crippen LogP contribution in [0, 0.1) is 12.7 Å². The van der Waals surface area contributed by atoms with Crippen molar-refractivity contribution in [2.75, 3.05) is 17.4 Å². The fourth-order valence-corrected chi connectivity index (χ4v) is 6.21. The molecular formula is C25H26ClFN2O2S. The SMILES string of the molecule is Cc1cccc(S(=O)(=O)N(c2ccc(F)cc2)C2CCN(Cc3ccccc3Cl)CC2)c1. The van der Waals surface area contributed by atoms with Crippen LogP contribution in [-0.4, -0.2) is 32.4 Å². The standard InChI is InChI=1S/C25H26ClFN2O2S/c1-19-5-4-7-24(17-19)32(30,31)29(22-11-9-21(27)10-12-22)23-13-15-28(16-14-23)18-20-6-2-3-8-25(20)26/h2-12,17,23H,13-16,18H2,1H3. The van der Waals surface area contributed by atoms with Crippen LogP contribution in [0.3, 0.4) is 0 Å². The van der Waals surface area contributed by atoms with E-state index in [4.69, 9.17) is 11.6 Å². The zero-order valence-electron chi connectivity index (χ0n) is 17.9. The summed E-state index contributed by atoms with van der Waals surface area (Å²) in [6.07, 6.45) is 1.35. The minimum Gasteiger partial charge on any atom is -0.299 e. The quantitative estimate of drug-likeness (QED) is 0.465. The minimum atomic E-state index is -3.80. The van der Waals surface area contributed by atoms with Crippen LogP contribution in [0.4, 0.5) is 10.1 Å². The summed E-state index contributed by atoms with van der Waals surface area (Å²) in [5, 5.41) is 0.740. The predicted molar refractivity (Wildman–Crippen MR) is 127 cm³/mol. The summed E-state index contributed by atoms with van der Waals surface area (Å²) < 4.78 is 42.4. The molecule has 0 bridgehead atoms. The highest BCUT2D eigenvalue weighted by Crippen LogP contribution is 2.31. The van der Waals surface area contributed by atoms with E-state index in [1.807, 2.05) is 37.3 Å². The molecule has 4 nitrogen and oxygen atoms in total. The van der Waals surface area contributed by atoms with E-state index in [0.29, 0.717) is 18.5 Å². The number of likely N-dealkylation sites (tertiary alicyclic amines) is 1. The molecule has 3 aromatic rings. The Balaban J connectivity index is 1.59. The fraction of sp³-hybridized carbons (Fsp3) is 0.280. The van der Waals surface area contributed by atoms with Gasteiger partial charge in [0.05, 0.1) is 10.6 Å². The summed E-state index contributed by atoms with van der Waals surface area (Å²) in [7, 11) is -3.80. The molecule has 1 aliphatic heterocycles. The predicted octanol–water partition coefficient (Wildman–Crippen LogP) is 5.65. The van der Waals surface area contributed by atoms with Crippen LogP contribution in [0.1, 0.15) is 24.0 Å². The Morgan fingerprint density at radius 2 is 1.69 bits per heavy atom. The first-order valence-electron chi connectivity index (χ1n) is 10.7. The normalized spacial score (nSPS) is 15.6. The molecule has 168 valence electrons. The molecule has 0 unspecified atom stereocenters. The monoisotopic (exact) mass is 472 g/mol. The molecule has 0 saturated carbocycles. The number of hydrogen-bond donors (Lipinski definition) is 0. The van der Waals surface area contributed by atoms with Crippen LogP contribution < -0.4 is 4.31 Å². The van der Waals surface area contributed by atoms with Crippen molar-refractivity contribution in [2.24, 2.45) is 0 Å². The average Bonchev–Trinajstić information content (AvgIpc) is 2.78. The first kappa shape index (κ1) is 22.8. The highest BCUT2D eigenvalue weighted by atomic mass is 35.5. The van der Waals surface area contributed by atoms with E-state index in [1.54, 1.807) is 30.3 Å². The molecule has 1 saturated heterocycles. The van der Waals surface area contributed by atoms with Gasteiger partial charge >= 0.3 is 0 Å². The molecule has 0 N–H and O–H groups in total. The Bertz CT molecular complexity index is 1180. The summed E-state index contributed by atoms with van der Waals surface area (Å²) in [4.78, 5) is 2.54. The molecular weight excluding hydrogens is 447 g/mol. The molecule has 7 heteroatoms. The molecule has 4 rings (SSSR count). The number of rotatable bonds is 6. The van der Waals surface area contributed by atoms with E-state index < -0.39 is 15.8 Å². The first-order valence-corrected chi connectivity index (χ1v) is 12.5. The second-order valence-corrected chi connectivity index (χ2v) is 10.4. The lowest BCUT2D eigenvalue weighted by atomic mass is 10.0. The summed E-state index contributed by atoms with van der Waals surface area (Å²) in [6.45, 7) is 4.09. The van der Waals surface area contributed by atoms with Crippen LogP contribution in [0.25, 0.3) is 0 Å². The number of anilines is 1. The van der Waals surface area contributed by atoms with Gasteiger partial charge in [-0.3, -0.25) is 9.21 Å². The maximum absolute atomic E-state index is 13.7. The van der Waals surface area contributed by atoms with Gasteiger partial charge in [0.1, 0.15) is 5.82 Å². The van der Waals surface area contributed by atoms with E-state index in [0.717, 1.165) is 35.8 Å². The lowest BCUT2D eigenvalue weighted by Crippen LogP contribution is -2.47. The van der Waals surface area contributed by atoms with Crippen LogP contribution in [0.15, 0.2) is 77.7 Å². The Hall–Kier alpha value is -2.41.